The van der Waals surface area contributed by atoms with Gasteiger partial charge in [0.05, 0.1) is 29.5 Å². The number of hydrogen-bond acceptors (Lipinski definition) is 7. The number of rotatable bonds is 6. The highest BCUT2D eigenvalue weighted by Gasteiger charge is 2.15. The summed E-state index contributed by atoms with van der Waals surface area (Å²) in [5, 5.41) is 5.05. The number of hydrogen-bond donors (Lipinski definition) is 0. The maximum absolute atomic E-state index is 13.1. The van der Waals surface area contributed by atoms with Crippen LogP contribution in [0.15, 0.2) is 85.8 Å². The summed E-state index contributed by atoms with van der Waals surface area (Å²) in [7, 11) is 0. The van der Waals surface area contributed by atoms with Gasteiger partial charge in [-0.05, 0) is 48.5 Å². The van der Waals surface area contributed by atoms with Crippen LogP contribution in [-0.4, -0.2) is 19.7 Å². The Morgan fingerprint density at radius 3 is 2.65 bits per heavy atom. The van der Waals surface area contributed by atoms with Crippen molar-refractivity contribution in [3.63, 3.8) is 0 Å². The third kappa shape index (κ3) is 3.99. The molecule has 0 saturated carbocycles. The summed E-state index contributed by atoms with van der Waals surface area (Å²) in [6, 6.07) is 16.6. The van der Waals surface area contributed by atoms with E-state index < -0.39 is 0 Å². The standard InChI is InChI=1S/C22H15FN4O3S/c23-15-9-7-14(8-10-15)20-25-19(26-30-20)13-31-22-24-18-6-2-1-5-17(18)21(28)27(22)12-16-4-3-11-29-16/h1-11H,12-13H2. The minimum Gasteiger partial charge on any atom is -0.467 e. The lowest BCUT2D eigenvalue weighted by Gasteiger charge is -2.11. The number of nitrogens with zero attached hydrogens (tertiary/aromatic N) is 4. The van der Waals surface area contributed by atoms with E-state index in [0.29, 0.717) is 44.9 Å². The zero-order chi connectivity index (χ0) is 21.2. The second kappa shape index (κ2) is 8.19. The van der Waals surface area contributed by atoms with Crippen LogP contribution >= 0.6 is 11.8 Å². The van der Waals surface area contributed by atoms with Crippen LogP contribution in [0.25, 0.3) is 22.4 Å². The molecular weight excluding hydrogens is 419 g/mol. The Morgan fingerprint density at radius 2 is 1.84 bits per heavy atom. The molecule has 0 N–H and O–H groups in total. The Balaban J connectivity index is 1.44. The van der Waals surface area contributed by atoms with Crippen molar-refractivity contribution in [2.45, 2.75) is 17.5 Å². The Hall–Kier alpha value is -3.72. The number of para-hydroxylation sites is 1. The van der Waals surface area contributed by atoms with Crippen LogP contribution in [0.3, 0.4) is 0 Å². The molecule has 3 heterocycles. The first kappa shape index (κ1) is 19.3. The predicted octanol–water partition coefficient (Wildman–Crippen LogP) is 4.52. The molecule has 0 saturated heterocycles. The summed E-state index contributed by atoms with van der Waals surface area (Å²) >= 11 is 1.33. The molecule has 0 bridgehead atoms. The monoisotopic (exact) mass is 434 g/mol. The van der Waals surface area contributed by atoms with Gasteiger partial charge in [0.2, 0.25) is 0 Å². The van der Waals surface area contributed by atoms with Crippen molar-refractivity contribution in [1.29, 1.82) is 0 Å². The van der Waals surface area contributed by atoms with Crippen molar-refractivity contribution in [3.8, 4) is 11.5 Å². The van der Waals surface area contributed by atoms with E-state index in [4.69, 9.17) is 8.94 Å². The Labute approximate surface area is 179 Å². The number of benzene rings is 2. The van der Waals surface area contributed by atoms with Gasteiger partial charge in [-0.15, -0.1) is 0 Å². The molecule has 154 valence electrons. The summed E-state index contributed by atoms with van der Waals surface area (Å²) < 4.78 is 25.4. The molecule has 7 nitrogen and oxygen atoms in total. The number of furan rings is 1. The molecule has 5 rings (SSSR count). The summed E-state index contributed by atoms with van der Waals surface area (Å²) in [6.45, 7) is 0.263. The second-order valence-corrected chi connectivity index (χ2v) is 7.64. The van der Waals surface area contributed by atoms with Crippen molar-refractivity contribution in [2.24, 2.45) is 0 Å². The zero-order valence-electron chi connectivity index (χ0n) is 16.1. The molecule has 0 radical (unpaired) electrons. The van der Waals surface area contributed by atoms with E-state index in [1.165, 1.54) is 23.9 Å². The average molecular weight is 434 g/mol. The van der Waals surface area contributed by atoms with Gasteiger partial charge in [0, 0.05) is 5.56 Å². The van der Waals surface area contributed by atoms with Gasteiger partial charge < -0.3 is 8.94 Å². The number of halogens is 1. The van der Waals surface area contributed by atoms with Crippen molar-refractivity contribution < 1.29 is 13.3 Å². The van der Waals surface area contributed by atoms with E-state index in [1.807, 2.05) is 18.2 Å². The van der Waals surface area contributed by atoms with Crippen LogP contribution in [0.4, 0.5) is 4.39 Å². The molecular formula is C22H15FN4O3S. The zero-order valence-corrected chi connectivity index (χ0v) is 16.9. The summed E-state index contributed by atoms with van der Waals surface area (Å²) in [4.78, 5) is 22.1. The van der Waals surface area contributed by atoms with Crippen LogP contribution < -0.4 is 5.56 Å². The molecule has 0 aliphatic heterocycles. The van der Waals surface area contributed by atoms with Crippen LogP contribution in [0.5, 0.6) is 0 Å². The minimum atomic E-state index is -0.337. The van der Waals surface area contributed by atoms with Crippen LogP contribution in [0.2, 0.25) is 0 Å². The highest BCUT2D eigenvalue weighted by molar-refractivity contribution is 7.98. The van der Waals surface area contributed by atoms with Crippen molar-refractivity contribution >= 4 is 22.7 Å². The lowest BCUT2D eigenvalue weighted by molar-refractivity contribution is 0.425. The van der Waals surface area contributed by atoms with Gasteiger partial charge in [-0.1, -0.05) is 29.1 Å². The van der Waals surface area contributed by atoms with Gasteiger partial charge in [0.1, 0.15) is 11.6 Å². The lowest BCUT2D eigenvalue weighted by atomic mass is 10.2. The van der Waals surface area contributed by atoms with E-state index in [2.05, 4.69) is 15.1 Å². The normalized spacial score (nSPS) is 11.3. The molecule has 3 aromatic heterocycles. The fourth-order valence-electron chi connectivity index (χ4n) is 3.11. The molecule has 0 amide bonds. The van der Waals surface area contributed by atoms with Gasteiger partial charge in [-0.2, -0.15) is 4.98 Å². The Morgan fingerprint density at radius 1 is 1.00 bits per heavy atom. The van der Waals surface area contributed by atoms with Crippen molar-refractivity contribution in [2.75, 3.05) is 0 Å². The van der Waals surface area contributed by atoms with Crippen LogP contribution in [-0.2, 0) is 12.3 Å². The Bertz CT molecular complexity index is 1390. The van der Waals surface area contributed by atoms with Gasteiger partial charge in [-0.3, -0.25) is 9.36 Å². The highest BCUT2D eigenvalue weighted by Crippen LogP contribution is 2.24. The van der Waals surface area contributed by atoms with Crippen molar-refractivity contribution in [3.05, 3.63) is 94.7 Å². The average Bonchev–Trinajstić information content (AvgIpc) is 3.47. The fourth-order valence-corrected chi connectivity index (χ4v) is 3.95. The third-order valence-electron chi connectivity index (χ3n) is 4.61. The van der Waals surface area contributed by atoms with E-state index in [9.17, 15) is 9.18 Å². The highest BCUT2D eigenvalue weighted by atomic mass is 32.2. The van der Waals surface area contributed by atoms with Gasteiger partial charge in [0.25, 0.3) is 11.4 Å². The van der Waals surface area contributed by atoms with Gasteiger partial charge >= 0.3 is 0 Å². The van der Waals surface area contributed by atoms with E-state index in [0.717, 1.165) is 0 Å². The lowest BCUT2D eigenvalue weighted by Crippen LogP contribution is -2.23. The molecule has 0 unspecified atom stereocenters. The molecule has 9 heteroatoms. The second-order valence-electron chi connectivity index (χ2n) is 6.69. The van der Waals surface area contributed by atoms with Crippen LogP contribution in [0, 0.1) is 5.82 Å². The van der Waals surface area contributed by atoms with Gasteiger partial charge in [-0.25, -0.2) is 9.37 Å². The summed E-state index contributed by atoms with van der Waals surface area (Å²) in [5.41, 5.74) is 1.10. The number of thioether (sulfide) groups is 1. The molecule has 0 aliphatic rings. The van der Waals surface area contributed by atoms with Gasteiger partial charge in [0.15, 0.2) is 11.0 Å². The van der Waals surface area contributed by atoms with Crippen molar-refractivity contribution in [1.82, 2.24) is 19.7 Å². The molecule has 31 heavy (non-hydrogen) atoms. The molecule has 5 aromatic rings. The van der Waals surface area contributed by atoms with E-state index in [-0.39, 0.29) is 17.9 Å². The first-order valence-electron chi connectivity index (χ1n) is 9.41. The SMILES string of the molecule is O=c1c2ccccc2nc(SCc2noc(-c3ccc(F)cc3)n2)n1Cc1ccco1. The maximum Gasteiger partial charge on any atom is 0.262 e. The van der Waals surface area contributed by atoms with E-state index in [1.54, 1.807) is 41.2 Å². The maximum atomic E-state index is 13.1. The third-order valence-corrected chi connectivity index (χ3v) is 5.58. The number of aromatic nitrogens is 4. The summed E-state index contributed by atoms with van der Waals surface area (Å²) in [6.07, 6.45) is 1.57. The first-order chi connectivity index (χ1) is 15.2. The predicted molar refractivity (Wildman–Crippen MR) is 113 cm³/mol. The minimum absolute atomic E-state index is 0.149. The molecule has 0 atom stereocenters. The smallest absolute Gasteiger partial charge is 0.262 e. The topological polar surface area (TPSA) is 87.0 Å². The largest absolute Gasteiger partial charge is 0.467 e. The first-order valence-corrected chi connectivity index (χ1v) is 10.4. The molecule has 0 aliphatic carbocycles. The number of fused-ring (bicyclic) bond motifs is 1. The van der Waals surface area contributed by atoms with Crippen LogP contribution in [0.1, 0.15) is 11.6 Å². The fraction of sp³-hybridized carbons (Fsp3) is 0.0909. The molecule has 2 aromatic carbocycles. The van der Waals surface area contributed by atoms with E-state index >= 15 is 0 Å². The molecule has 0 spiro atoms. The molecule has 0 fully saturated rings. The Kier molecular flexibility index (Phi) is 5.09. The summed E-state index contributed by atoms with van der Waals surface area (Å²) in [5.74, 6) is 1.40. The quantitative estimate of drug-likeness (QED) is 0.287.